The molecule has 4 nitrogen and oxygen atoms in total. The third-order valence-electron chi connectivity index (χ3n) is 1.66. The molecule has 2 N–H and O–H groups in total. The number of amides is 3. The molecule has 0 saturated heterocycles. The Morgan fingerprint density at radius 3 is 2.60 bits per heavy atom. The van der Waals surface area contributed by atoms with Crippen LogP contribution in [0.25, 0.3) is 0 Å². The predicted molar refractivity (Wildman–Crippen MR) is 64.5 cm³/mol. The third-order valence-corrected chi connectivity index (χ3v) is 2.55. The van der Waals surface area contributed by atoms with Crippen molar-refractivity contribution >= 4 is 35.3 Å². The highest BCUT2D eigenvalue weighted by atomic mass is 35.5. The number of urea groups is 1. The quantitative estimate of drug-likeness (QED) is 0.558. The maximum Gasteiger partial charge on any atom is 0.321 e. The van der Waals surface area contributed by atoms with Crippen molar-refractivity contribution in [1.29, 1.82) is 0 Å². The van der Waals surface area contributed by atoms with Crippen molar-refractivity contribution in [2.75, 3.05) is 18.6 Å². The number of alkyl halides is 1. The highest BCUT2D eigenvalue weighted by Crippen LogP contribution is 1.97. The Morgan fingerprint density at radius 1 is 1.40 bits per heavy atom. The number of thioether (sulfide) groups is 1. The third kappa shape index (κ3) is 8.57. The molecule has 0 aromatic rings. The zero-order chi connectivity index (χ0) is 11.7. The van der Waals surface area contributed by atoms with Gasteiger partial charge in [-0.25, -0.2) is 4.79 Å². The summed E-state index contributed by atoms with van der Waals surface area (Å²) in [5.74, 6) is 0.610. The van der Waals surface area contributed by atoms with Crippen molar-refractivity contribution in [2.24, 2.45) is 0 Å². The number of rotatable bonds is 6. The second-order valence-corrected chi connectivity index (χ2v) is 4.70. The van der Waals surface area contributed by atoms with Gasteiger partial charge in [0.1, 0.15) is 5.38 Å². The van der Waals surface area contributed by atoms with Crippen LogP contribution < -0.4 is 10.6 Å². The normalized spacial score (nSPS) is 11.9. The van der Waals surface area contributed by atoms with E-state index in [4.69, 9.17) is 11.6 Å². The number of unbranched alkanes of at least 4 members (excludes halogenated alkanes) is 1. The molecule has 0 aliphatic heterocycles. The molecule has 3 amide bonds. The van der Waals surface area contributed by atoms with Crippen LogP contribution in [0.4, 0.5) is 4.79 Å². The smallest absolute Gasteiger partial charge is 0.321 e. The molecule has 1 atom stereocenters. The van der Waals surface area contributed by atoms with Gasteiger partial charge >= 0.3 is 6.03 Å². The summed E-state index contributed by atoms with van der Waals surface area (Å²) in [7, 11) is 0. The molecule has 15 heavy (non-hydrogen) atoms. The van der Waals surface area contributed by atoms with Gasteiger partial charge in [0, 0.05) is 6.54 Å². The Morgan fingerprint density at radius 2 is 2.07 bits per heavy atom. The Bertz CT molecular complexity index is 212. The molecule has 0 aromatic heterocycles. The molecule has 0 heterocycles. The average molecular weight is 253 g/mol. The molecule has 0 fully saturated rings. The van der Waals surface area contributed by atoms with Crippen LogP contribution in [-0.4, -0.2) is 35.9 Å². The van der Waals surface area contributed by atoms with Crippen LogP contribution in [0.3, 0.4) is 0 Å². The fourth-order valence-electron chi connectivity index (χ4n) is 0.829. The highest BCUT2D eigenvalue weighted by Gasteiger charge is 2.11. The van der Waals surface area contributed by atoms with Gasteiger partial charge in [-0.3, -0.25) is 10.1 Å². The van der Waals surface area contributed by atoms with E-state index in [2.05, 4.69) is 10.6 Å². The first-order chi connectivity index (χ1) is 7.07. The SMILES string of the molecule is CSCCCCNC(=O)NC(=O)C(C)Cl. The summed E-state index contributed by atoms with van der Waals surface area (Å²) in [5.41, 5.74) is 0. The molecule has 6 heteroatoms. The summed E-state index contributed by atoms with van der Waals surface area (Å²) >= 11 is 7.26. The van der Waals surface area contributed by atoms with Gasteiger partial charge in [-0.1, -0.05) is 0 Å². The topological polar surface area (TPSA) is 58.2 Å². The lowest BCUT2D eigenvalue weighted by Crippen LogP contribution is -2.42. The number of nitrogens with one attached hydrogen (secondary N) is 2. The van der Waals surface area contributed by atoms with Gasteiger partial charge in [-0.15, -0.1) is 11.6 Å². The number of hydrogen-bond acceptors (Lipinski definition) is 3. The lowest BCUT2D eigenvalue weighted by Gasteiger charge is -2.07. The number of hydrogen-bond donors (Lipinski definition) is 2. The van der Waals surface area contributed by atoms with E-state index in [1.54, 1.807) is 11.8 Å². The van der Waals surface area contributed by atoms with Gasteiger partial charge in [-0.05, 0) is 31.8 Å². The monoisotopic (exact) mass is 252 g/mol. The Labute approximate surface area is 99.5 Å². The van der Waals surface area contributed by atoms with Crippen molar-refractivity contribution < 1.29 is 9.59 Å². The minimum atomic E-state index is -0.688. The van der Waals surface area contributed by atoms with Crippen LogP contribution in [0.5, 0.6) is 0 Å². The van der Waals surface area contributed by atoms with Crippen molar-refractivity contribution in [3.63, 3.8) is 0 Å². The van der Waals surface area contributed by atoms with E-state index in [0.29, 0.717) is 6.54 Å². The van der Waals surface area contributed by atoms with Crippen molar-refractivity contribution in [1.82, 2.24) is 10.6 Å². The van der Waals surface area contributed by atoms with E-state index in [1.807, 2.05) is 6.26 Å². The molecule has 0 aromatic carbocycles. The predicted octanol–water partition coefficient (Wildman–Crippen LogP) is 1.58. The first-order valence-electron chi connectivity index (χ1n) is 4.79. The van der Waals surface area contributed by atoms with E-state index in [9.17, 15) is 9.59 Å². The average Bonchev–Trinajstić information content (AvgIpc) is 2.17. The summed E-state index contributed by atoms with van der Waals surface area (Å²) < 4.78 is 0. The van der Waals surface area contributed by atoms with Crippen LogP contribution in [0.15, 0.2) is 0 Å². The molecule has 88 valence electrons. The van der Waals surface area contributed by atoms with E-state index < -0.39 is 17.3 Å². The van der Waals surface area contributed by atoms with E-state index in [-0.39, 0.29) is 0 Å². The fourth-order valence-corrected chi connectivity index (χ4v) is 1.38. The summed E-state index contributed by atoms with van der Waals surface area (Å²) in [6.45, 7) is 2.10. The first-order valence-corrected chi connectivity index (χ1v) is 6.62. The first kappa shape index (κ1) is 14.6. The van der Waals surface area contributed by atoms with Crippen LogP contribution in [0, 0.1) is 0 Å². The molecule has 0 rings (SSSR count). The number of halogens is 1. The largest absolute Gasteiger partial charge is 0.338 e. The molecule has 0 spiro atoms. The minimum Gasteiger partial charge on any atom is -0.338 e. The van der Waals surface area contributed by atoms with Gasteiger partial charge < -0.3 is 5.32 Å². The van der Waals surface area contributed by atoms with Gasteiger partial charge in [0.25, 0.3) is 0 Å². The van der Waals surface area contributed by atoms with Gasteiger partial charge in [-0.2, -0.15) is 11.8 Å². The Kier molecular flexibility index (Phi) is 8.61. The number of imide groups is 1. The Balaban J connectivity index is 3.45. The molecular weight excluding hydrogens is 236 g/mol. The molecule has 0 aliphatic rings. The maximum absolute atomic E-state index is 11.1. The Hall–Kier alpha value is -0.420. The summed E-state index contributed by atoms with van der Waals surface area (Å²) in [6, 6.07) is -0.475. The van der Waals surface area contributed by atoms with Crippen molar-refractivity contribution in [2.45, 2.75) is 25.1 Å². The van der Waals surface area contributed by atoms with Crippen LogP contribution >= 0.6 is 23.4 Å². The summed E-state index contributed by atoms with van der Waals surface area (Å²) in [4.78, 5) is 22.1. The molecule has 0 saturated carbocycles. The zero-order valence-corrected chi connectivity index (χ0v) is 10.6. The van der Waals surface area contributed by atoms with Gasteiger partial charge in [0.05, 0.1) is 0 Å². The van der Waals surface area contributed by atoms with Crippen LogP contribution in [-0.2, 0) is 4.79 Å². The molecule has 0 aliphatic carbocycles. The highest BCUT2D eigenvalue weighted by molar-refractivity contribution is 7.98. The fraction of sp³-hybridized carbons (Fsp3) is 0.778. The van der Waals surface area contributed by atoms with Gasteiger partial charge in [0.2, 0.25) is 5.91 Å². The lowest BCUT2D eigenvalue weighted by atomic mass is 10.3. The molecular formula is C9H17ClN2O2S. The minimum absolute atomic E-state index is 0.474. The summed E-state index contributed by atoms with van der Waals surface area (Å²) in [5, 5.41) is 4.04. The second kappa shape index (κ2) is 8.85. The number of carbonyl (C=O) groups is 2. The van der Waals surface area contributed by atoms with Crippen LogP contribution in [0.1, 0.15) is 19.8 Å². The van der Waals surface area contributed by atoms with E-state index in [0.717, 1.165) is 18.6 Å². The second-order valence-electron chi connectivity index (χ2n) is 3.06. The van der Waals surface area contributed by atoms with Gasteiger partial charge in [0.15, 0.2) is 0 Å². The molecule has 0 radical (unpaired) electrons. The molecule has 0 bridgehead atoms. The van der Waals surface area contributed by atoms with Crippen LogP contribution in [0.2, 0.25) is 0 Å². The number of carbonyl (C=O) groups excluding carboxylic acids is 2. The van der Waals surface area contributed by atoms with E-state index in [1.165, 1.54) is 6.92 Å². The molecule has 1 unspecified atom stereocenters. The maximum atomic E-state index is 11.1. The van der Waals surface area contributed by atoms with Crippen molar-refractivity contribution in [3.8, 4) is 0 Å². The zero-order valence-electron chi connectivity index (χ0n) is 9.01. The summed E-state index contributed by atoms with van der Waals surface area (Å²) in [6.07, 6.45) is 4.01. The van der Waals surface area contributed by atoms with Crippen molar-refractivity contribution in [3.05, 3.63) is 0 Å². The standard InChI is InChI=1S/C9H17ClN2O2S/c1-7(10)8(13)12-9(14)11-5-3-4-6-15-2/h7H,3-6H2,1-2H3,(H2,11,12,13,14). The van der Waals surface area contributed by atoms with E-state index >= 15 is 0 Å². The lowest BCUT2D eigenvalue weighted by molar-refractivity contribution is -0.119.